The molecule has 0 heterocycles. The number of ketones is 1. The molecule has 19 heavy (non-hydrogen) atoms. The smallest absolute Gasteiger partial charge is 0.193 e. The van der Waals surface area contributed by atoms with Crippen LogP contribution in [0.15, 0.2) is 40.9 Å². The Bertz CT molecular complexity index is 638. The number of aryl methyl sites for hydroxylation is 1. The number of nitrogens with two attached hydrogens (primary N) is 1. The van der Waals surface area contributed by atoms with E-state index in [9.17, 15) is 4.79 Å². The minimum atomic E-state index is -0.0601. The molecule has 98 valence electrons. The van der Waals surface area contributed by atoms with E-state index in [-0.39, 0.29) is 5.78 Å². The topological polar surface area (TPSA) is 52.3 Å². The lowest BCUT2D eigenvalue weighted by molar-refractivity contribution is 0.103. The number of halogens is 1. The Morgan fingerprint density at radius 3 is 2.37 bits per heavy atom. The Labute approximate surface area is 120 Å². The van der Waals surface area contributed by atoms with Crippen LogP contribution < -0.4 is 10.5 Å². The van der Waals surface area contributed by atoms with Gasteiger partial charge in [0.05, 0.1) is 11.6 Å². The normalized spacial score (nSPS) is 10.3. The van der Waals surface area contributed by atoms with E-state index >= 15 is 0 Å². The third kappa shape index (κ3) is 2.79. The second-order valence-electron chi connectivity index (χ2n) is 4.25. The molecule has 0 aliphatic rings. The van der Waals surface area contributed by atoms with Gasteiger partial charge in [-0.1, -0.05) is 12.1 Å². The van der Waals surface area contributed by atoms with E-state index in [0.717, 1.165) is 10.0 Å². The Balaban J connectivity index is 2.38. The highest BCUT2D eigenvalue weighted by molar-refractivity contribution is 9.10. The monoisotopic (exact) mass is 319 g/mol. The van der Waals surface area contributed by atoms with Crippen LogP contribution in [0.3, 0.4) is 0 Å². The molecule has 0 aromatic heterocycles. The van der Waals surface area contributed by atoms with E-state index in [2.05, 4.69) is 15.9 Å². The van der Waals surface area contributed by atoms with Crippen molar-refractivity contribution in [1.82, 2.24) is 0 Å². The molecule has 0 radical (unpaired) electrons. The van der Waals surface area contributed by atoms with Gasteiger partial charge in [0, 0.05) is 16.8 Å². The lowest BCUT2D eigenvalue weighted by Gasteiger charge is -2.07. The molecule has 0 saturated carbocycles. The van der Waals surface area contributed by atoms with Crippen molar-refractivity contribution in [2.24, 2.45) is 0 Å². The molecule has 0 unspecified atom stereocenters. The number of methoxy groups -OCH3 is 1. The SMILES string of the molecule is COc1ccc(C(=O)c2ccc(C)c(N)c2)cc1Br. The maximum atomic E-state index is 12.3. The first-order valence-electron chi connectivity index (χ1n) is 5.77. The van der Waals surface area contributed by atoms with Gasteiger partial charge in [-0.25, -0.2) is 0 Å². The van der Waals surface area contributed by atoms with E-state index < -0.39 is 0 Å². The zero-order valence-electron chi connectivity index (χ0n) is 10.7. The molecule has 2 N–H and O–H groups in total. The third-order valence-corrected chi connectivity index (χ3v) is 3.58. The average molecular weight is 320 g/mol. The fraction of sp³-hybridized carbons (Fsp3) is 0.133. The molecule has 0 amide bonds. The summed E-state index contributed by atoms with van der Waals surface area (Å²) in [5.41, 5.74) is 8.60. The first-order chi connectivity index (χ1) is 9.02. The molecule has 0 fully saturated rings. The van der Waals surface area contributed by atoms with Crippen LogP contribution in [0, 0.1) is 6.92 Å². The predicted molar refractivity (Wildman–Crippen MR) is 79.7 cm³/mol. The highest BCUT2D eigenvalue weighted by atomic mass is 79.9. The fourth-order valence-electron chi connectivity index (χ4n) is 1.76. The maximum Gasteiger partial charge on any atom is 0.193 e. The van der Waals surface area contributed by atoms with E-state index in [0.29, 0.717) is 22.6 Å². The molecule has 2 aromatic rings. The Hall–Kier alpha value is -1.81. The van der Waals surface area contributed by atoms with Gasteiger partial charge >= 0.3 is 0 Å². The average Bonchev–Trinajstić information content (AvgIpc) is 2.41. The van der Waals surface area contributed by atoms with Gasteiger partial charge in [-0.15, -0.1) is 0 Å². The van der Waals surface area contributed by atoms with Gasteiger partial charge in [-0.3, -0.25) is 4.79 Å². The summed E-state index contributed by atoms with van der Waals surface area (Å²) >= 11 is 3.37. The van der Waals surface area contributed by atoms with Crippen molar-refractivity contribution in [2.75, 3.05) is 12.8 Å². The maximum absolute atomic E-state index is 12.3. The lowest BCUT2D eigenvalue weighted by atomic mass is 10.0. The second kappa shape index (κ2) is 5.45. The zero-order valence-corrected chi connectivity index (χ0v) is 12.3. The fourth-order valence-corrected chi connectivity index (χ4v) is 2.30. The molecule has 0 aliphatic heterocycles. The first kappa shape index (κ1) is 13.6. The van der Waals surface area contributed by atoms with Crippen LogP contribution in [-0.4, -0.2) is 12.9 Å². The molecule has 3 nitrogen and oxygen atoms in total. The molecular weight excluding hydrogens is 306 g/mol. The molecule has 0 bridgehead atoms. The van der Waals surface area contributed by atoms with Crippen LogP contribution in [0.5, 0.6) is 5.75 Å². The van der Waals surface area contributed by atoms with Gasteiger partial charge in [0.25, 0.3) is 0 Å². The quantitative estimate of drug-likeness (QED) is 0.695. The minimum absolute atomic E-state index is 0.0601. The lowest BCUT2D eigenvalue weighted by Crippen LogP contribution is -2.03. The van der Waals surface area contributed by atoms with Gasteiger partial charge in [0.15, 0.2) is 5.78 Å². The molecular formula is C15H14BrNO2. The number of anilines is 1. The van der Waals surface area contributed by atoms with Crippen molar-refractivity contribution in [3.8, 4) is 5.75 Å². The number of hydrogen-bond acceptors (Lipinski definition) is 3. The highest BCUT2D eigenvalue weighted by Gasteiger charge is 2.12. The van der Waals surface area contributed by atoms with E-state index in [4.69, 9.17) is 10.5 Å². The number of hydrogen-bond donors (Lipinski definition) is 1. The summed E-state index contributed by atoms with van der Waals surface area (Å²) in [5, 5.41) is 0. The van der Waals surface area contributed by atoms with Crippen molar-refractivity contribution in [3.63, 3.8) is 0 Å². The number of rotatable bonds is 3. The van der Waals surface area contributed by atoms with Gasteiger partial charge in [0.2, 0.25) is 0 Å². The van der Waals surface area contributed by atoms with Gasteiger partial charge in [-0.05, 0) is 52.7 Å². The van der Waals surface area contributed by atoms with Crippen LogP contribution in [-0.2, 0) is 0 Å². The van der Waals surface area contributed by atoms with Crippen molar-refractivity contribution in [1.29, 1.82) is 0 Å². The minimum Gasteiger partial charge on any atom is -0.496 e. The summed E-state index contributed by atoms with van der Waals surface area (Å²) in [4.78, 5) is 12.3. The van der Waals surface area contributed by atoms with E-state index in [1.165, 1.54) is 0 Å². The van der Waals surface area contributed by atoms with Crippen LogP contribution in [0.4, 0.5) is 5.69 Å². The number of carbonyl (C=O) groups is 1. The third-order valence-electron chi connectivity index (χ3n) is 2.96. The predicted octanol–water partition coefficient (Wildman–Crippen LogP) is 3.58. The number of carbonyl (C=O) groups excluding carboxylic acids is 1. The summed E-state index contributed by atoms with van der Waals surface area (Å²) in [5.74, 6) is 0.634. The van der Waals surface area contributed by atoms with E-state index in [1.54, 1.807) is 37.4 Å². The number of nitrogen functional groups attached to an aromatic ring is 1. The molecule has 0 saturated heterocycles. The summed E-state index contributed by atoms with van der Waals surface area (Å²) in [6.45, 7) is 1.91. The molecule has 2 rings (SSSR count). The molecule has 0 atom stereocenters. The van der Waals surface area contributed by atoms with Crippen LogP contribution in [0.2, 0.25) is 0 Å². The Kier molecular flexibility index (Phi) is 3.90. The molecule has 2 aromatic carbocycles. The second-order valence-corrected chi connectivity index (χ2v) is 5.10. The largest absolute Gasteiger partial charge is 0.496 e. The Morgan fingerprint density at radius 1 is 1.16 bits per heavy atom. The highest BCUT2D eigenvalue weighted by Crippen LogP contribution is 2.27. The van der Waals surface area contributed by atoms with Crippen LogP contribution in [0.1, 0.15) is 21.5 Å². The van der Waals surface area contributed by atoms with Crippen molar-refractivity contribution < 1.29 is 9.53 Å². The van der Waals surface area contributed by atoms with Crippen LogP contribution >= 0.6 is 15.9 Å². The summed E-state index contributed by atoms with van der Waals surface area (Å²) in [6, 6.07) is 10.6. The summed E-state index contributed by atoms with van der Waals surface area (Å²) in [7, 11) is 1.59. The van der Waals surface area contributed by atoms with Gasteiger partial charge in [0.1, 0.15) is 5.75 Å². The van der Waals surface area contributed by atoms with Crippen molar-refractivity contribution in [2.45, 2.75) is 6.92 Å². The van der Waals surface area contributed by atoms with E-state index in [1.807, 2.05) is 13.0 Å². The van der Waals surface area contributed by atoms with Gasteiger partial charge in [-0.2, -0.15) is 0 Å². The van der Waals surface area contributed by atoms with Crippen LogP contribution in [0.25, 0.3) is 0 Å². The molecule has 4 heteroatoms. The number of ether oxygens (including phenoxy) is 1. The summed E-state index contributed by atoms with van der Waals surface area (Å²) in [6.07, 6.45) is 0. The molecule has 0 spiro atoms. The number of benzene rings is 2. The zero-order chi connectivity index (χ0) is 14.0. The summed E-state index contributed by atoms with van der Waals surface area (Å²) < 4.78 is 5.89. The molecule has 0 aliphatic carbocycles. The Morgan fingerprint density at radius 2 is 1.79 bits per heavy atom. The first-order valence-corrected chi connectivity index (χ1v) is 6.56. The van der Waals surface area contributed by atoms with Gasteiger partial charge < -0.3 is 10.5 Å². The standard InChI is InChI=1S/C15H14BrNO2/c1-9-3-4-11(8-13(9)17)15(18)10-5-6-14(19-2)12(16)7-10/h3-8H,17H2,1-2H3. The van der Waals surface area contributed by atoms with Crippen molar-refractivity contribution >= 4 is 27.4 Å². The van der Waals surface area contributed by atoms with Crippen molar-refractivity contribution in [3.05, 3.63) is 57.6 Å².